The number of nitrogens with one attached hydrogen (secondary N) is 2. The fourth-order valence-electron chi connectivity index (χ4n) is 3.49. The van der Waals surface area contributed by atoms with Gasteiger partial charge in [-0.3, -0.25) is 19.3 Å². The van der Waals surface area contributed by atoms with Crippen LogP contribution in [0.3, 0.4) is 0 Å². The third-order valence-electron chi connectivity index (χ3n) is 5.11. The van der Waals surface area contributed by atoms with Gasteiger partial charge in [-0.05, 0) is 37.1 Å². The first-order valence-corrected chi connectivity index (χ1v) is 11.8. The number of carbonyl (C=O) groups excluding carboxylic acids is 1. The van der Waals surface area contributed by atoms with Crippen LogP contribution in [0.2, 0.25) is 0 Å². The molecule has 0 bridgehead atoms. The summed E-state index contributed by atoms with van der Waals surface area (Å²) in [5.74, 6) is -0.0378. The summed E-state index contributed by atoms with van der Waals surface area (Å²) < 4.78 is 29.1. The van der Waals surface area contributed by atoms with Crippen LogP contribution in [-0.4, -0.2) is 36.5 Å². The lowest BCUT2D eigenvalue weighted by molar-refractivity contribution is -0.117. The zero-order valence-electron chi connectivity index (χ0n) is 17.3. The summed E-state index contributed by atoms with van der Waals surface area (Å²) in [6.07, 6.45) is 4.97. The average molecular weight is 454 g/mol. The molecule has 0 aliphatic carbocycles. The Morgan fingerprint density at radius 3 is 2.78 bits per heavy atom. The van der Waals surface area contributed by atoms with Crippen molar-refractivity contribution in [3.8, 4) is 0 Å². The largest absolute Gasteiger partial charge is 0.324 e. The molecule has 0 radical (unpaired) electrons. The van der Waals surface area contributed by atoms with Gasteiger partial charge in [-0.1, -0.05) is 30.7 Å². The number of amidine groups is 1. The first-order chi connectivity index (χ1) is 15.4. The van der Waals surface area contributed by atoms with Gasteiger partial charge in [-0.25, -0.2) is 13.1 Å². The highest BCUT2D eigenvalue weighted by Gasteiger charge is 2.18. The molecule has 166 valence electrons. The first-order valence-electron chi connectivity index (χ1n) is 10.3. The molecule has 3 aromatic rings. The first kappa shape index (κ1) is 21.7. The Morgan fingerprint density at radius 1 is 1.06 bits per heavy atom. The number of aliphatic imine (C=N–C) groups is 1. The zero-order chi connectivity index (χ0) is 22.6. The van der Waals surface area contributed by atoms with Crippen molar-refractivity contribution in [1.82, 2.24) is 14.5 Å². The number of hydrogen-bond donors (Lipinski definition) is 2. The van der Waals surface area contributed by atoms with Gasteiger partial charge >= 0.3 is 0 Å². The Balaban J connectivity index is 1.48. The van der Waals surface area contributed by atoms with E-state index in [4.69, 9.17) is 0 Å². The topological polar surface area (TPSA) is 123 Å². The van der Waals surface area contributed by atoms with E-state index < -0.39 is 15.9 Å². The summed E-state index contributed by atoms with van der Waals surface area (Å²) >= 11 is 0. The quantitative estimate of drug-likeness (QED) is 0.614. The number of anilines is 1. The van der Waals surface area contributed by atoms with Gasteiger partial charge in [0.15, 0.2) is 0 Å². The van der Waals surface area contributed by atoms with Crippen molar-refractivity contribution in [2.24, 2.45) is 4.99 Å². The number of fused-ring (bicyclic) bond motifs is 1. The van der Waals surface area contributed by atoms with Crippen LogP contribution >= 0.6 is 0 Å². The summed E-state index contributed by atoms with van der Waals surface area (Å²) in [6.45, 7) is 0.311. The van der Waals surface area contributed by atoms with Gasteiger partial charge in [0.25, 0.3) is 15.6 Å². The van der Waals surface area contributed by atoms with Crippen molar-refractivity contribution in [3.63, 3.8) is 0 Å². The van der Waals surface area contributed by atoms with Crippen LogP contribution in [0.1, 0.15) is 25.7 Å². The molecule has 0 unspecified atom stereocenters. The normalized spacial score (nSPS) is 14.4. The van der Waals surface area contributed by atoms with E-state index in [9.17, 15) is 18.0 Å². The van der Waals surface area contributed by atoms with Gasteiger partial charge in [0, 0.05) is 24.0 Å². The number of nitrogens with zero attached hydrogens (tertiary/aromatic N) is 3. The molecule has 0 fully saturated rings. The van der Waals surface area contributed by atoms with Gasteiger partial charge in [0.1, 0.15) is 12.4 Å². The molecule has 1 amide bonds. The van der Waals surface area contributed by atoms with Crippen molar-refractivity contribution in [1.29, 1.82) is 0 Å². The molecule has 4 rings (SSSR count). The zero-order valence-corrected chi connectivity index (χ0v) is 18.1. The molecule has 2 heterocycles. The molecule has 1 aromatic heterocycles. The Morgan fingerprint density at radius 2 is 1.91 bits per heavy atom. The SMILES string of the molecule is O=C(Cn1ncc2ccccc2c1=O)Nc1cccc(S(=O)(=O)NC2=NCCCCC2)c1. The standard InChI is InChI=1S/C22H23N5O4S/c28-21(15-27-22(29)19-10-4-3-7-16(19)14-24-27)25-17-8-6-9-18(13-17)32(30,31)26-20-11-2-1-5-12-23-20/h3-4,6-10,13-14H,1-2,5,11-12,15H2,(H,23,26)(H,25,28). The van der Waals surface area contributed by atoms with E-state index in [1.165, 1.54) is 18.3 Å². The van der Waals surface area contributed by atoms with Gasteiger partial charge in [-0.15, -0.1) is 0 Å². The minimum Gasteiger partial charge on any atom is -0.324 e. The molecule has 0 atom stereocenters. The lowest BCUT2D eigenvalue weighted by atomic mass is 10.2. The van der Waals surface area contributed by atoms with Crippen LogP contribution in [0.5, 0.6) is 0 Å². The monoisotopic (exact) mass is 453 g/mol. The molecule has 10 heteroatoms. The third-order valence-corrected chi connectivity index (χ3v) is 6.49. The highest BCUT2D eigenvalue weighted by molar-refractivity contribution is 7.90. The second kappa shape index (κ2) is 9.31. The molecule has 32 heavy (non-hydrogen) atoms. The van der Waals surface area contributed by atoms with Crippen LogP contribution in [0, 0.1) is 0 Å². The van der Waals surface area contributed by atoms with E-state index in [-0.39, 0.29) is 17.0 Å². The molecule has 9 nitrogen and oxygen atoms in total. The number of rotatable bonds is 5. The number of carbonyl (C=O) groups is 1. The summed E-state index contributed by atoms with van der Waals surface area (Å²) in [7, 11) is -3.82. The number of benzene rings is 2. The lowest BCUT2D eigenvalue weighted by Crippen LogP contribution is -2.31. The maximum atomic E-state index is 12.8. The molecule has 0 spiro atoms. The van der Waals surface area contributed by atoms with Crippen molar-refractivity contribution >= 4 is 38.2 Å². The van der Waals surface area contributed by atoms with E-state index in [1.54, 1.807) is 36.4 Å². The van der Waals surface area contributed by atoms with Crippen molar-refractivity contribution < 1.29 is 13.2 Å². The smallest absolute Gasteiger partial charge is 0.275 e. The second-order valence-corrected chi connectivity index (χ2v) is 9.20. The van der Waals surface area contributed by atoms with Crippen molar-refractivity contribution in [3.05, 3.63) is 65.1 Å². The minimum absolute atomic E-state index is 0.0169. The molecule has 1 aliphatic heterocycles. The summed E-state index contributed by atoms with van der Waals surface area (Å²) in [5, 5.41) is 7.83. The Hall–Kier alpha value is -3.53. The summed E-state index contributed by atoms with van der Waals surface area (Å²) in [6, 6.07) is 12.9. The molecule has 2 N–H and O–H groups in total. The number of sulfonamides is 1. The molecular weight excluding hydrogens is 430 g/mol. The Labute approximate surface area is 185 Å². The number of aromatic nitrogens is 2. The van der Waals surface area contributed by atoms with E-state index >= 15 is 0 Å². The average Bonchev–Trinajstić information content (AvgIpc) is 3.04. The van der Waals surface area contributed by atoms with Gasteiger partial charge in [-0.2, -0.15) is 5.10 Å². The van der Waals surface area contributed by atoms with Crippen molar-refractivity contribution in [2.75, 3.05) is 11.9 Å². The van der Waals surface area contributed by atoms with Crippen LogP contribution in [0.4, 0.5) is 5.69 Å². The van der Waals surface area contributed by atoms with Gasteiger partial charge < -0.3 is 5.32 Å². The van der Waals surface area contributed by atoms with Crippen LogP contribution in [0.25, 0.3) is 10.8 Å². The maximum absolute atomic E-state index is 12.8. The van der Waals surface area contributed by atoms with Crippen LogP contribution < -0.4 is 15.6 Å². The number of hydrogen-bond acceptors (Lipinski definition) is 6. The maximum Gasteiger partial charge on any atom is 0.275 e. The lowest BCUT2D eigenvalue weighted by Gasteiger charge is -2.11. The Bertz CT molecular complexity index is 1350. The molecular formula is C22H23N5O4S. The highest BCUT2D eigenvalue weighted by atomic mass is 32.2. The molecule has 1 aliphatic rings. The molecule has 0 saturated carbocycles. The predicted molar refractivity (Wildman–Crippen MR) is 122 cm³/mol. The number of amides is 1. The minimum atomic E-state index is -3.82. The van der Waals surface area contributed by atoms with Gasteiger partial charge in [0.2, 0.25) is 5.91 Å². The highest BCUT2D eigenvalue weighted by Crippen LogP contribution is 2.17. The predicted octanol–water partition coefficient (Wildman–Crippen LogP) is 2.29. The van der Waals surface area contributed by atoms with E-state index in [2.05, 4.69) is 20.1 Å². The fraction of sp³-hybridized carbons (Fsp3) is 0.273. The third kappa shape index (κ3) is 5.02. The summed E-state index contributed by atoms with van der Waals surface area (Å²) in [4.78, 5) is 29.3. The van der Waals surface area contributed by atoms with E-state index in [0.717, 1.165) is 23.9 Å². The van der Waals surface area contributed by atoms with E-state index in [0.29, 0.717) is 35.3 Å². The van der Waals surface area contributed by atoms with Crippen LogP contribution in [-0.2, 0) is 21.4 Å². The molecule has 0 saturated heterocycles. The second-order valence-electron chi connectivity index (χ2n) is 7.52. The van der Waals surface area contributed by atoms with E-state index in [1.807, 2.05) is 0 Å². The molecule has 2 aromatic carbocycles. The fourth-order valence-corrected chi connectivity index (χ4v) is 4.62. The van der Waals surface area contributed by atoms with Crippen LogP contribution in [0.15, 0.2) is 69.4 Å². The van der Waals surface area contributed by atoms with Gasteiger partial charge in [0.05, 0.1) is 16.5 Å². The summed E-state index contributed by atoms with van der Waals surface area (Å²) in [5.41, 5.74) is -0.0718. The van der Waals surface area contributed by atoms with Crippen molar-refractivity contribution in [2.45, 2.75) is 37.1 Å². The Kier molecular flexibility index (Phi) is 6.31.